The van der Waals surface area contributed by atoms with Crippen molar-refractivity contribution in [3.05, 3.63) is 48.0 Å². The number of aliphatic carboxylic acids is 1. The lowest BCUT2D eigenvalue weighted by atomic mass is 9.98. The Morgan fingerprint density at radius 3 is 2.67 bits per heavy atom. The molecule has 2 aromatic rings. The second kappa shape index (κ2) is 6.87. The molecule has 1 N–H and O–H groups in total. The average molecular weight is 282 g/mol. The van der Waals surface area contributed by atoms with Crippen LogP contribution in [-0.2, 0) is 4.79 Å². The van der Waals surface area contributed by atoms with E-state index < -0.39 is 12.0 Å². The van der Waals surface area contributed by atoms with E-state index in [2.05, 4.69) is 6.07 Å². The Morgan fingerprint density at radius 1 is 1.29 bits per heavy atom. The summed E-state index contributed by atoms with van der Waals surface area (Å²) in [5.74, 6) is -0.844. The van der Waals surface area contributed by atoms with E-state index in [1.54, 1.807) is 0 Å². The zero-order chi connectivity index (χ0) is 15.2. The maximum absolute atomic E-state index is 10.8. The number of benzene rings is 2. The van der Waals surface area contributed by atoms with E-state index in [1.807, 2.05) is 54.3 Å². The molecule has 0 amide bonds. The monoisotopic (exact) mass is 282 g/mol. The molecule has 1 unspecified atom stereocenters. The highest BCUT2D eigenvalue weighted by Gasteiger charge is 2.21. The fourth-order valence-electron chi connectivity index (χ4n) is 2.55. The Hall–Kier alpha value is -2.38. The summed E-state index contributed by atoms with van der Waals surface area (Å²) in [4.78, 5) is 12.7. The quantitative estimate of drug-likeness (QED) is 0.883. The van der Waals surface area contributed by atoms with Gasteiger partial charge in [0, 0.05) is 6.54 Å². The van der Waals surface area contributed by atoms with Gasteiger partial charge in [0.05, 0.1) is 12.5 Å². The van der Waals surface area contributed by atoms with Crippen molar-refractivity contribution in [1.29, 1.82) is 5.26 Å². The highest BCUT2D eigenvalue weighted by atomic mass is 16.4. The zero-order valence-electron chi connectivity index (χ0n) is 12.0. The molecule has 0 aliphatic carbocycles. The molecule has 2 rings (SSSR count). The molecule has 21 heavy (non-hydrogen) atoms. The second-order valence-corrected chi connectivity index (χ2v) is 4.87. The van der Waals surface area contributed by atoms with E-state index in [1.165, 1.54) is 0 Å². The first-order chi connectivity index (χ1) is 10.2. The molecule has 108 valence electrons. The van der Waals surface area contributed by atoms with Gasteiger partial charge >= 0.3 is 5.97 Å². The van der Waals surface area contributed by atoms with Crippen molar-refractivity contribution in [2.24, 2.45) is 0 Å². The fraction of sp³-hybridized carbons (Fsp3) is 0.294. The maximum atomic E-state index is 10.8. The van der Waals surface area contributed by atoms with Crippen LogP contribution < -0.4 is 0 Å². The Morgan fingerprint density at radius 2 is 2.00 bits per heavy atom. The van der Waals surface area contributed by atoms with Crippen LogP contribution >= 0.6 is 0 Å². The molecule has 0 heterocycles. The molecule has 0 bridgehead atoms. The van der Waals surface area contributed by atoms with Crippen LogP contribution in [0.1, 0.15) is 24.9 Å². The minimum atomic E-state index is -0.844. The molecular formula is C17H18N2O2. The minimum Gasteiger partial charge on any atom is -0.481 e. The molecule has 0 aromatic heterocycles. The number of carbonyl (C=O) groups is 1. The summed E-state index contributed by atoms with van der Waals surface area (Å²) >= 11 is 0. The summed E-state index contributed by atoms with van der Waals surface area (Å²) in [5.41, 5.74) is 0.933. The summed E-state index contributed by atoms with van der Waals surface area (Å²) < 4.78 is 0. The fourth-order valence-corrected chi connectivity index (χ4v) is 2.55. The molecule has 0 saturated carbocycles. The van der Waals surface area contributed by atoms with Crippen LogP contribution in [0.2, 0.25) is 0 Å². The first-order valence-corrected chi connectivity index (χ1v) is 7.00. The van der Waals surface area contributed by atoms with Crippen LogP contribution in [0.25, 0.3) is 10.8 Å². The van der Waals surface area contributed by atoms with Gasteiger partial charge in [-0.25, -0.2) is 0 Å². The van der Waals surface area contributed by atoms with Gasteiger partial charge in [0.1, 0.15) is 6.04 Å². The average Bonchev–Trinajstić information content (AvgIpc) is 2.51. The van der Waals surface area contributed by atoms with Crippen LogP contribution in [0.4, 0.5) is 0 Å². The van der Waals surface area contributed by atoms with Gasteiger partial charge in [-0.15, -0.1) is 0 Å². The van der Waals surface area contributed by atoms with E-state index in [0.717, 1.165) is 16.3 Å². The van der Waals surface area contributed by atoms with Crippen LogP contribution in [0.3, 0.4) is 0 Å². The van der Waals surface area contributed by atoms with Gasteiger partial charge in [-0.1, -0.05) is 49.4 Å². The van der Waals surface area contributed by atoms with Crippen LogP contribution in [0.5, 0.6) is 0 Å². The second-order valence-electron chi connectivity index (χ2n) is 4.87. The van der Waals surface area contributed by atoms with Gasteiger partial charge in [-0.2, -0.15) is 5.26 Å². The van der Waals surface area contributed by atoms with Crippen molar-refractivity contribution in [3.63, 3.8) is 0 Å². The SMILES string of the molecule is CCN(CCC(=O)O)C(C#N)c1cccc2ccccc12. The Labute approximate surface area is 124 Å². The Kier molecular flexibility index (Phi) is 4.91. The summed E-state index contributed by atoms with van der Waals surface area (Å²) in [6.07, 6.45) is 0.0385. The van der Waals surface area contributed by atoms with Crippen molar-refractivity contribution in [2.45, 2.75) is 19.4 Å². The topological polar surface area (TPSA) is 64.3 Å². The predicted molar refractivity (Wildman–Crippen MR) is 81.8 cm³/mol. The summed E-state index contributed by atoms with van der Waals surface area (Å²) in [5, 5.41) is 20.5. The Bertz CT molecular complexity index is 671. The first kappa shape index (κ1) is 15.0. The number of carboxylic acid groups (broad SMARTS) is 1. The molecule has 0 fully saturated rings. The van der Waals surface area contributed by atoms with Crippen molar-refractivity contribution in [2.75, 3.05) is 13.1 Å². The molecule has 0 aliphatic heterocycles. The van der Waals surface area contributed by atoms with Gasteiger partial charge in [-0.3, -0.25) is 9.69 Å². The molecule has 0 saturated heterocycles. The minimum absolute atomic E-state index is 0.0385. The summed E-state index contributed by atoms with van der Waals surface area (Å²) in [6.45, 7) is 2.94. The Balaban J connectivity index is 2.39. The molecular weight excluding hydrogens is 264 g/mol. The molecule has 4 heteroatoms. The number of rotatable bonds is 6. The standard InChI is InChI=1S/C17H18N2O2/c1-2-19(11-10-17(20)21)16(12-18)15-9-5-7-13-6-3-4-8-14(13)15/h3-9,16H,2,10-11H2,1H3,(H,20,21). The van der Waals surface area contributed by atoms with E-state index in [0.29, 0.717) is 13.1 Å². The highest BCUT2D eigenvalue weighted by molar-refractivity contribution is 5.86. The molecule has 4 nitrogen and oxygen atoms in total. The van der Waals surface area contributed by atoms with Crippen LogP contribution in [0.15, 0.2) is 42.5 Å². The lowest BCUT2D eigenvalue weighted by Crippen LogP contribution is -2.30. The van der Waals surface area contributed by atoms with Crippen LogP contribution in [0, 0.1) is 11.3 Å². The van der Waals surface area contributed by atoms with Gasteiger partial charge < -0.3 is 5.11 Å². The lowest BCUT2D eigenvalue weighted by molar-refractivity contribution is -0.137. The first-order valence-electron chi connectivity index (χ1n) is 7.00. The maximum Gasteiger partial charge on any atom is 0.304 e. The summed E-state index contributed by atoms with van der Waals surface area (Å²) in [7, 11) is 0. The van der Waals surface area contributed by atoms with Gasteiger partial charge in [0.2, 0.25) is 0 Å². The third-order valence-electron chi connectivity index (χ3n) is 3.62. The van der Waals surface area contributed by atoms with E-state index >= 15 is 0 Å². The van der Waals surface area contributed by atoms with Crippen molar-refractivity contribution >= 4 is 16.7 Å². The van der Waals surface area contributed by atoms with Crippen LogP contribution in [-0.4, -0.2) is 29.1 Å². The molecule has 0 spiro atoms. The third-order valence-corrected chi connectivity index (χ3v) is 3.62. The number of hydrogen-bond acceptors (Lipinski definition) is 3. The lowest BCUT2D eigenvalue weighted by Gasteiger charge is -2.26. The number of nitrogens with zero attached hydrogens (tertiary/aromatic N) is 2. The van der Waals surface area contributed by atoms with Crippen molar-refractivity contribution in [3.8, 4) is 6.07 Å². The van der Waals surface area contributed by atoms with Gasteiger partial charge in [0.15, 0.2) is 0 Å². The van der Waals surface area contributed by atoms with Crippen molar-refractivity contribution in [1.82, 2.24) is 4.90 Å². The largest absolute Gasteiger partial charge is 0.481 e. The summed E-state index contributed by atoms with van der Waals surface area (Å²) in [6, 6.07) is 15.7. The highest BCUT2D eigenvalue weighted by Crippen LogP contribution is 2.28. The molecule has 1 atom stereocenters. The number of nitriles is 1. The van der Waals surface area contributed by atoms with Crippen molar-refractivity contribution < 1.29 is 9.90 Å². The van der Waals surface area contributed by atoms with E-state index in [9.17, 15) is 10.1 Å². The molecule has 0 aliphatic rings. The van der Waals surface area contributed by atoms with E-state index in [-0.39, 0.29) is 6.42 Å². The van der Waals surface area contributed by atoms with Gasteiger partial charge in [-0.05, 0) is 22.9 Å². The normalized spacial score (nSPS) is 12.2. The number of fused-ring (bicyclic) bond motifs is 1. The molecule has 2 aromatic carbocycles. The predicted octanol–water partition coefficient (Wildman–Crippen LogP) is 3.20. The number of hydrogen-bond donors (Lipinski definition) is 1. The zero-order valence-corrected chi connectivity index (χ0v) is 12.0. The third kappa shape index (κ3) is 3.39. The van der Waals surface area contributed by atoms with E-state index in [4.69, 9.17) is 5.11 Å². The van der Waals surface area contributed by atoms with Gasteiger partial charge in [0.25, 0.3) is 0 Å². The number of carboxylic acids is 1. The smallest absolute Gasteiger partial charge is 0.304 e. The molecule has 0 radical (unpaired) electrons.